The van der Waals surface area contributed by atoms with Crippen molar-refractivity contribution in [3.05, 3.63) is 42.1 Å². The highest BCUT2D eigenvalue weighted by atomic mass is 16.2. The Kier molecular flexibility index (Phi) is 3.38. The number of benzene rings is 1. The summed E-state index contributed by atoms with van der Waals surface area (Å²) in [7, 11) is 0. The maximum atomic E-state index is 12.2. The number of carbonyl (C=O) groups excluding carboxylic acids is 1. The summed E-state index contributed by atoms with van der Waals surface area (Å²) in [4.78, 5) is 18.2. The van der Waals surface area contributed by atoms with Crippen LogP contribution in [-0.2, 0) is 0 Å². The van der Waals surface area contributed by atoms with Crippen LogP contribution in [-0.4, -0.2) is 28.9 Å². The zero-order valence-electron chi connectivity index (χ0n) is 10.2. The van der Waals surface area contributed by atoms with Gasteiger partial charge in [0.2, 0.25) is 0 Å². The van der Waals surface area contributed by atoms with Gasteiger partial charge >= 0.3 is 0 Å². The largest absolute Gasteiger partial charge is 0.339 e. The molecule has 0 atom stereocenters. The standard InChI is InChI=1S/C14H16N2O/c1-3-16(4-2)14(17)12-7-8-13-11(10-12)6-5-9-15-13/h5-10H,3-4H2,1-2H3. The zero-order valence-corrected chi connectivity index (χ0v) is 10.2. The molecule has 17 heavy (non-hydrogen) atoms. The van der Waals surface area contributed by atoms with Gasteiger partial charge in [-0.25, -0.2) is 0 Å². The van der Waals surface area contributed by atoms with E-state index in [1.807, 2.05) is 49.1 Å². The van der Waals surface area contributed by atoms with Crippen LogP contribution in [0.2, 0.25) is 0 Å². The van der Waals surface area contributed by atoms with Gasteiger partial charge in [0, 0.05) is 30.2 Å². The molecule has 1 aromatic heterocycles. The van der Waals surface area contributed by atoms with E-state index in [2.05, 4.69) is 4.98 Å². The van der Waals surface area contributed by atoms with Crippen molar-refractivity contribution in [2.45, 2.75) is 13.8 Å². The predicted octanol–water partition coefficient (Wildman–Crippen LogP) is 2.72. The first kappa shape index (κ1) is 11.6. The van der Waals surface area contributed by atoms with Gasteiger partial charge in [0.15, 0.2) is 0 Å². The van der Waals surface area contributed by atoms with E-state index in [4.69, 9.17) is 0 Å². The predicted molar refractivity (Wildman–Crippen MR) is 69.0 cm³/mol. The second-order valence-electron chi connectivity index (χ2n) is 3.89. The molecule has 88 valence electrons. The van der Waals surface area contributed by atoms with Gasteiger partial charge in [-0.05, 0) is 38.1 Å². The van der Waals surface area contributed by atoms with Crippen molar-refractivity contribution in [3.8, 4) is 0 Å². The summed E-state index contributed by atoms with van der Waals surface area (Å²) in [5, 5.41) is 1.01. The molecule has 0 spiro atoms. The minimum atomic E-state index is 0.0840. The molecular formula is C14H16N2O. The van der Waals surface area contributed by atoms with Crippen LogP contribution < -0.4 is 0 Å². The Morgan fingerprint density at radius 1 is 1.24 bits per heavy atom. The molecule has 2 rings (SSSR count). The van der Waals surface area contributed by atoms with E-state index >= 15 is 0 Å². The van der Waals surface area contributed by atoms with Crippen LogP contribution in [0.4, 0.5) is 0 Å². The lowest BCUT2D eigenvalue weighted by atomic mass is 10.1. The lowest BCUT2D eigenvalue weighted by Crippen LogP contribution is -2.30. The first-order valence-electron chi connectivity index (χ1n) is 5.90. The van der Waals surface area contributed by atoms with Crippen molar-refractivity contribution in [2.75, 3.05) is 13.1 Å². The molecule has 0 aliphatic heterocycles. The average molecular weight is 228 g/mol. The van der Waals surface area contributed by atoms with Gasteiger partial charge in [-0.1, -0.05) is 6.07 Å². The van der Waals surface area contributed by atoms with Gasteiger partial charge < -0.3 is 4.90 Å². The van der Waals surface area contributed by atoms with E-state index in [9.17, 15) is 4.79 Å². The molecule has 1 heterocycles. The van der Waals surface area contributed by atoms with E-state index in [1.54, 1.807) is 6.20 Å². The molecule has 0 saturated heterocycles. The van der Waals surface area contributed by atoms with E-state index in [1.165, 1.54) is 0 Å². The quantitative estimate of drug-likeness (QED) is 0.809. The molecule has 0 saturated carbocycles. The van der Waals surface area contributed by atoms with E-state index in [0.717, 1.165) is 29.6 Å². The normalized spacial score (nSPS) is 10.5. The van der Waals surface area contributed by atoms with Crippen molar-refractivity contribution < 1.29 is 4.79 Å². The van der Waals surface area contributed by atoms with Crippen molar-refractivity contribution in [3.63, 3.8) is 0 Å². The van der Waals surface area contributed by atoms with E-state index in [-0.39, 0.29) is 5.91 Å². The van der Waals surface area contributed by atoms with Gasteiger partial charge in [-0.3, -0.25) is 9.78 Å². The Morgan fingerprint density at radius 3 is 2.71 bits per heavy atom. The molecule has 3 nitrogen and oxygen atoms in total. The highest BCUT2D eigenvalue weighted by molar-refractivity contribution is 5.97. The zero-order chi connectivity index (χ0) is 12.3. The first-order valence-corrected chi connectivity index (χ1v) is 5.90. The molecule has 0 N–H and O–H groups in total. The van der Waals surface area contributed by atoms with Crippen molar-refractivity contribution in [1.29, 1.82) is 0 Å². The van der Waals surface area contributed by atoms with Gasteiger partial charge in [0.25, 0.3) is 5.91 Å². The fraction of sp³-hybridized carbons (Fsp3) is 0.286. The number of hydrogen-bond donors (Lipinski definition) is 0. The molecule has 0 radical (unpaired) electrons. The number of hydrogen-bond acceptors (Lipinski definition) is 2. The van der Waals surface area contributed by atoms with Crippen LogP contribution in [0.5, 0.6) is 0 Å². The van der Waals surface area contributed by atoms with Crippen LogP contribution in [0.25, 0.3) is 10.9 Å². The van der Waals surface area contributed by atoms with Crippen LogP contribution in [0.3, 0.4) is 0 Å². The number of aromatic nitrogens is 1. The summed E-state index contributed by atoms with van der Waals surface area (Å²) < 4.78 is 0. The second kappa shape index (κ2) is 4.95. The third kappa shape index (κ3) is 2.28. The lowest BCUT2D eigenvalue weighted by Gasteiger charge is -2.18. The second-order valence-corrected chi connectivity index (χ2v) is 3.89. The Hall–Kier alpha value is -1.90. The third-order valence-corrected chi connectivity index (χ3v) is 2.90. The van der Waals surface area contributed by atoms with Gasteiger partial charge in [-0.2, -0.15) is 0 Å². The van der Waals surface area contributed by atoms with Crippen molar-refractivity contribution >= 4 is 16.8 Å². The number of amides is 1. The number of fused-ring (bicyclic) bond motifs is 1. The number of carbonyl (C=O) groups is 1. The fourth-order valence-electron chi connectivity index (χ4n) is 1.90. The summed E-state index contributed by atoms with van der Waals surface area (Å²) in [6, 6.07) is 9.50. The summed E-state index contributed by atoms with van der Waals surface area (Å²) in [5.74, 6) is 0.0840. The maximum absolute atomic E-state index is 12.2. The van der Waals surface area contributed by atoms with Crippen LogP contribution >= 0.6 is 0 Å². The van der Waals surface area contributed by atoms with Crippen molar-refractivity contribution in [1.82, 2.24) is 9.88 Å². The maximum Gasteiger partial charge on any atom is 0.253 e. The Morgan fingerprint density at radius 2 is 2.00 bits per heavy atom. The molecule has 1 amide bonds. The molecule has 1 aromatic carbocycles. The Bertz CT molecular complexity index is 532. The first-order chi connectivity index (χ1) is 8.26. The number of pyridine rings is 1. The minimum absolute atomic E-state index is 0.0840. The molecule has 0 unspecified atom stereocenters. The molecule has 0 bridgehead atoms. The highest BCUT2D eigenvalue weighted by Crippen LogP contribution is 2.14. The Labute approximate surface area is 101 Å². The van der Waals surface area contributed by atoms with E-state index < -0.39 is 0 Å². The van der Waals surface area contributed by atoms with Gasteiger partial charge in [0.1, 0.15) is 0 Å². The van der Waals surface area contributed by atoms with E-state index in [0.29, 0.717) is 0 Å². The highest BCUT2D eigenvalue weighted by Gasteiger charge is 2.12. The SMILES string of the molecule is CCN(CC)C(=O)c1ccc2ncccc2c1. The molecule has 0 aliphatic rings. The number of rotatable bonds is 3. The summed E-state index contributed by atoms with van der Waals surface area (Å²) in [6.07, 6.45) is 1.76. The number of nitrogens with zero attached hydrogens (tertiary/aromatic N) is 2. The van der Waals surface area contributed by atoms with Gasteiger partial charge in [-0.15, -0.1) is 0 Å². The smallest absolute Gasteiger partial charge is 0.253 e. The molecule has 3 heteroatoms. The topological polar surface area (TPSA) is 33.2 Å². The lowest BCUT2D eigenvalue weighted by molar-refractivity contribution is 0.0773. The third-order valence-electron chi connectivity index (χ3n) is 2.90. The Balaban J connectivity index is 2.39. The average Bonchev–Trinajstić information content (AvgIpc) is 2.39. The summed E-state index contributed by atoms with van der Waals surface area (Å²) >= 11 is 0. The van der Waals surface area contributed by atoms with Crippen LogP contribution in [0.1, 0.15) is 24.2 Å². The molecule has 2 aromatic rings. The molecule has 0 fully saturated rings. The molecular weight excluding hydrogens is 212 g/mol. The molecule has 0 aliphatic carbocycles. The summed E-state index contributed by atoms with van der Waals surface area (Å²) in [6.45, 7) is 5.45. The van der Waals surface area contributed by atoms with Crippen LogP contribution in [0, 0.1) is 0 Å². The van der Waals surface area contributed by atoms with Crippen LogP contribution in [0.15, 0.2) is 36.5 Å². The minimum Gasteiger partial charge on any atom is -0.339 e. The monoisotopic (exact) mass is 228 g/mol. The fourth-order valence-corrected chi connectivity index (χ4v) is 1.90. The van der Waals surface area contributed by atoms with Crippen molar-refractivity contribution in [2.24, 2.45) is 0 Å². The van der Waals surface area contributed by atoms with Gasteiger partial charge in [0.05, 0.1) is 5.52 Å². The summed E-state index contributed by atoms with van der Waals surface area (Å²) in [5.41, 5.74) is 1.65.